The molecule has 0 radical (unpaired) electrons. The summed E-state index contributed by atoms with van der Waals surface area (Å²) in [5.41, 5.74) is 1.94. The van der Waals surface area contributed by atoms with Crippen molar-refractivity contribution in [3.63, 3.8) is 0 Å². The molecule has 0 aromatic heterocycles. The molecule has 0 spiro atoms. The molecule has 0 unspecified atom stereocenters. The number of hydrogen-bond acceptors (Lipinski definition) is 4. The Morgan fingerprint density at radius 2 is 1.88 bits per heavy atom. The van der Waals surface area contributed by atoms with Crippen LogP contribution in [0.5, 0.6) is 5.75 Å². The zero-order valence-corrected chi connectivity index (χ0v) is 16.3. The predicted octanol–water partition coefficient (Wildman–Crippen LogP) is 4.13. The first kappa shape index (κ1) is 18.4. The van der Waals surface area contributed by atoms with Gasteiger partial charge < -0.3 is 10.1 Å². The summed E-state index contributed by atoms with van der Waals surface area (Å²) in [6, 6.07) is 15.4. The molecule has 2 aromatic carbocycles. The molecule has 5 nitrogen and oxygen atoms in total. The topological polar surface area (TPSA) is 67.8 Å². The average Bonchev–Trinajstić information content (AvgIpc) is 2.94. The van der Waals surface area contributed by atoms with Gasteiger partial charge in [0.2, 0.25) is 5.91 Å². The second-order valence-electron chi connectivity index (χ2n) is 5.50. The van der Waals surface area contributed by atoms with Crippen LogP contribution in [0.3, 0.4) is 0 Å². The van der Waals surface area contributed by atoms with Crippen LogP contribution in [-0.4, -0.2) is 17.0 Å². The molecule has 0 atom stereocenters. The number of benzene rings is 2. The van der Waals surface area contributed by atoms with Crippen molar-refractivity contribution in [1.29, 1.82) is 0 Å². The van der Waals surface area contributed by atoms with E-state index in [1.165, 1.54) is 6.92 Å². The summed E-state index contributed by atoms with van der Waals surface area (Å²) in [6.07, 6.45) is 1.74. The summed E-state index contributed by atoms with van der Waals surface area (Å²) in [4.78, 5) is 27.2. The number of hydrogen-bond donors (Lipinski definition) is 1. The van der Waals surface area contributed by atoms with Crippen LogP contribution in [0.15, 0.2) is 62.9 Å². The highest BCUT2D eigenvalue weighted by Gasteiger charge is 2.22. The molecular weight excluding hydrogens is 416 g/mol. The van der Waals surface area contributed by atoms with Crippen LogP contribution in [0.25, 0.3) is 6.08 Å². The minimum atomic E-state index is -0.352. The quantitative estimate of drug-likeness (QED) is 0.740. The number of ether oxygens (including phenoxy) is 1. The molecule has 0 fully saturated rings. The Hall–Kier alpha value is -2.38. The van der Waals surface area contributed by atoms with E-state index in [0.29, 0.717) is 16.7 Å². The molecule has 132 valence electrons. The molecule has 2 aromatic rings. The van der Waals surface area contributed by atoms with E-state index in [2.05, 4.69) is 26.2 Å². The van der Waals surface area contributed by atoms with Crippen LogP contribution in [0.1, 0.15) is 18.1 Å². The lowest BCUT2D eigenvalue weighted by Crippen LogP contribution is -2.23. The van der Waals surface area contributed by atoms with Crippen LogP contribution >= 0.6 is 27.7 Å². The summed E-state index contributed by atoms with van der Waals surface area (Å²) in [7, 11) is 0. The molecule has 1 heterocycles. The average molecular weight is 431 g/mol. The maximum Gasteiger partial charge on any atom is 0.286 e. The molecule has 0 saturated heterocycles. The maximum atomic E-state index is 11.9. The minimum Gasteiger partial charge on any atom is -0.489 e. The smallest absolute Gasteiger partial charge is 0.286 e. The van der Waals surface area contributed by atoms with Crippen molar-refractivity contribution in [2.24, 2.45) is 4.99 Å². The zero-order valence-electron chi connectivity index (χ0n) is 13.9. The molecule has 0 bridgehead atoms. The number of amides is 2. The minimum absolute atomic E-state index is 0.252. The van der Waals surface area contributed by atoms with Gasteiger partial charge in [-0.1, -0.05) is 40.2 Å². The van der Waals surface area contributed by atoms with Crippen LogP contribution in [0, 0.1) is 0 Å². The Morgan fingerprint density at radius 1 is 1.19 bits per heavy atom. The van der Waals surface area contributed by atoms with E-state index in [-0.39, 0.29) is 11.8 Å². The SMILES string of the molecule is CC(=O)NC1=NC(=O)/C(=C/c2ccc(OCc3ccc(Br)cc3)cc2)S1. The number of halogens is 1. The van der Waals surface area contributed by atoms with Gasteiger partial charge in [0, 0.05) is 11.4 Å². The maximum absolute atomic E-state index is 11.9. The van der Waals surface area contributed by atoms with Crippen molar-refractivity contribution >= 4 is 50.7 Å². The Morgan fingerprint density at radius 3 is 2.54 bits per heavy atom. The van der Waals surface area contributed by atoms with Crippen molar-refractivity contribution in [2.75, 3.05) is 0 Å². The number of carbonyl (C=O) groups excluding carboxylic acids is 2. The van der Waals surface area contributed by atoms with Gasteiger partial charge in [-0.2, -0.15) is 4.99 Å². The fraction of sp³-hybridized carbons (Fsp3) is 0.105. The number of rotatable bonds is 4. The number of nitrogens with one attached hydrogen (secondary N) is 1. The van der Waals surface area contributed by atoms with Gasteiger partial charge in [0.1, 0.15) is 12.4 Å². The highest BCUT2D eigenvalue weighted by atomic mass is 79.9. The Balaban J connectivity index is 1.60. The van der Waals surface area contributed by atoms with Crippen molar-refractivity contribution in [3.8, 4) is 5.75 Å². The van der Waals surface area contributed by atoms with E-state index in [4.69, 9.17) is 4.74 Å². The van der Waals surface area contributed by atoms with E-state index in [1.807, 2.05) is 48.5 Å². The summed E-state index contributed by atoms with van der Waals surface area (Å²) in [6.45, 7) is 1.86. The standard InChI is InChI=1S/C19H15BrN2O3S/c1-12(23)21-19-22-18(24)17(26-19)10-13-4-8-16(9-5-13)25-11-14-2-6-15(20)7-3-14/h2-10H,11H2,1H3,(H,21,22,23,24)/b17-10-. The van der Waals surface area contributed by atoms with Gasteiger partial charge in [-0.15, -0.1) is 0 Å². The molecule has 2 amide bonds. The zero-order chi connectivity index (χ0) is 18.5. The lowest BCUT2D eigenvalue weighted by molar-refractivity contribution is -0.117. The van der Waals surface area contributed by atoms with Gasteiger partial charge in [0.15, 0.2) is 5.17 Å². The number of thioether (sulfide) groups is 1. The van der Waals surface area contributed by atoms with E-state index in [9.17, 15) is 9.59 Å². The first-order valence-corrected chi connectivity index (χ1v) is 9.38. The Labute approximate surface area is 163 Å². The van der Waals surface area contributed by atoms with E-state index < -0.39 is 0 Å². The number of aliphatic imine (C=N–C) groups is 1. The highest BCUT2D eigenvalue weighted by molar-refractivity contribution is 9.10. The molecule has 26 heavy (non-hydrogen) atoms. The second-order valence-corrected chi connectivity index (χ2v) is 7.44. The largest absolute Gasteiger partial charge is 0.489 e. The summed E-state index contributed by atoms with van der Waals surface area (Å²) in [5, 5.41) is 2.83. The monoisotopic (exact) mass is 430 g/mol. The van der Waals surface area contributed by atoms with Crippen LogP contribution in [0.2, 0.25) is 0 Å². The van der Waals surface area contributed by atoms with Gasteiger partial charge in [0.05, 0.1) is 4.91 Å². The first-order valence-electron chi connectivity index (χ1n) is 7.77. The molecule has 0 saturated carbocycles. The molecular formula is C19H15BrN2O3S. The second kappa shape index (κ2) is 8.33. The van der Waals surface area contributed by atoms with Gasteiger partial charge in [-0.25, -0.2) is 0 Å². The molecule has 1 N–H and O–H groups in total. The molecule has 1 aliphatic heterocycles. The van der Waals surface area contributed by atoms with Gasteiger partial charge >= 0.3 is 0 Å². The normalized spacial score (nSPS) is 15.1. The fourth-order valence-corrected chi connectivity index (χ4v) is 3.30. The fourth-order valence-electron chi connectivity index (χ4n) is 2.17. The number of amidine groups is 1. The Kier molecular flexibility index (Phi) is 5.90. The first-order chi connectivity index (χ1) is 12.5. The molecule has 3 rings (SSSR count). The van der Waals surface area contributed by atoms with Gasteiger partial charge in [-0.3, -0.25) is 9.59 Å². The number of carbonyl (C=O) groups is 2. The molecule has 0 aliphatic carbocycles. The van der Waals surface area contributed by atoms with Crippen molar-refractivity contribution in [2.45, 2.75) is 13.5 Å². The van der Waals surface area contributed by atoms with Crippen LogP contribution < -0.4 is 10.1 Å². The van der Waals surface area contributed by atoms with Gasteiger partial charge in [-0.05, 0) is 53.2 Å². The van der Waals surface area contributed by atoms with Gasteiger partial charge in [0.25, 0.3) is 5.91 Å². The lowest BCUT2D eigenvalue weighted by atomic mass is 10.2. The van der Waals surface area contributed by atoms with Crippen molar-refractivity contribution in [3.05, 3.63) is 69.0 Å². The third kappa shape index (κ3) is 5.06. The van der Waals surface area contributed by atoms with Crippen molar-refractivity contribution < 1.29 is 14.3 Å². The Bertz CT molecular complexity index is 890. The molecule has 1 aliphatic rings. The number of nitrogens with zero attached hydrogens (tertiary/aromatic N) is 1. The summed E-state index contributed by atoms with van der Waals surface area (Å²) >= 11 is 4.55. The van der Waals surface area contributed by atoms with E-state index in [1.54, 1.807) is 6.08 Å². The molecule has 7 heteroatoms. The summed E-state index contributed by atoms with van der Waals surface area (Å²) < 4.78 is 6.79. The summed E-state index contributed by atoms with van der Waals surface area (Å²) in [5.74, 6) is 0.141. The van der Waals surface area contributed by atoms with E-state index >= 15 is 0 Å². The van der Waals surface area contributed by atoms with E-state index in [0.717, 1.165) is 33.1 Å². The van der Waals surface area contributed by atoms with Crippen LogP contribution in [0.4, 0.5) is 0 Å². The third-order valence-corrected chi connectivity index (χ3v) is 4.83. The predicted molar refractivity (Wildman–Crippen MR) is 107 cm³/mol. The van der Waals surface area contributed by atoms with Crippen molar-refractivity contribution in [1.82, 2.24) is 5.32 Å². The lowest BCUT2D eigenvalue weighted by Gasteiger charge is -2.07. The third-order valence-electron chi connectivity index (χ3n) is 3.40. The van der Waals surface area contributed by atoms with Crippen LogP contribution in [-0.2, 0) is 16.2 Å². The highest BCUT2D eigenvalue weighted by Crippen LogP contribution is 2.28.